The Hall–Kier alpha value is -3.60. The Morgan fingerprint density at radius 3 is 2.57 bits per heavy atom. The lowest BCUT2D eigenvalue weighted by atomic mass is 9.98. The van der Waals surface area contributed by atoms with E-state index >= 15 is 0 Å². The Balaban J connectivity index is 2.03. The van der Waals surface area contributed by atoms with Crippen molar-refractivity contribution < 1.29 is 19.4 Å². The highest BCUT2D eigenvalue weighted by atomic mass is 16.5. The van der Waals surface area contributed by atoms with Gasteiger partial charge in [0.15, 0.2) is 0 Å². The highest BCUT2D eigenvalue weighted by Gasteiger charge is 2.17. The summed E-state index contributed by atoms with van der Waals surface area (Å²) < 4.78 is 11.5. The number of hydrogen-bond acceptors (Lipinski definition) is 5. The molecule has 152 valence electrons. The monoisotopic (exact) mass is 400 g/mol. The van der Waals surface area contributed by atoms with E-state index in [2.05, 4.69) is 6.92 Å². The first kappa shape index (κ1) is 19.7. The number of aromatic carboxylic acids is 1. The van der Waals surface area contributed by atoms with E-state index in [1.54, 1.807) is 31.4 Å². The van der Waals surface area contributed by atoms with E-state index in [0.29, 0.717) is 34.7 Å². The summed E-state index contributed by atoms with van der Waals surface area (Å²) in [5, 5.41) is 14.4. The molecule has 1 aromatic heterocycles. The van der Waals surface area contributed by atoms with Crippen molar-refractivity contribution in [1.29, 1.82) is 0 Å². The van der Waals surface area contributed by atoms with Crippen molar-refractivity contribution in [3.05, 3.63) is 66.2 Å². The maximum Gasteiger partial charge on any atom is 0.145 e. The van der Waals surface area contributed by atoms with Gasteiger partial charge in [0.05, 0.1) is 30.9 Å². The van der Waals surface area contributed by atoms with Gasteiger partial charge in [-0.1, -0.05) is 55.8 Å². The highest BCUT2D eigenvalue weighted by Crippen LogP contribution is 2.39. The first-order chi connectivity index (χ1) is 14.6. The minimum absolute atomic E-state index is 0.0707. The van der Waals surface area contributed by atoms with E-state index in [9.17, 15) is 9.90 Å². The molecule has 0 aliphatic heterocycles. The number of pyridine rings is 1. The molecule has 0 fully saturated rings. The molecular weight excluding hydrogens is 378 g/mol. The first-order valence-corrected chi connectivity index (χ1v) is 9.98. The normalized spacial score (nSPS) is 11.0. The number of carbonyl (C=O) groups is 1. The van der Waals surface area contributed by atoms with E-state index in [0.717, 1.165) is 29.2 Å². The fraction of sp³-hybridized carbons (Fsp3) is 0.200. The minimum Gasteiger partial charge on any atom is -0.545 e. The van der Waals surface area contributed by atoms with Crippen LogP contribution in [0.4, 0.5) is 0 Å². The number of hydrogen-bond donors (Lipinski definition) is 0. The van der Waals surface area contributed by atoms with E-state index in [-0.39, 0.29) is 5.56 Å². The van der Waals surface area contributed by atoms with Gasteiger partial charge in [-0.25, -0.2) is 4.98 Å². The van der Waals surface area contributed by atoms with Crippen molar-refractivity contribution in [3.63, 3.8) is 0 Å². The van der Waals surface area contributed by atoms with Gasteiger partial charge in [0.1, 0.15) is 17.0 Å². The second-order valence-electron chi connectivity index (χ2n) is 7.06. The van der Waals surface area contributed by atoms with Gasteiger partial charge in [-0.3, -0.25) is 0 Å². The summed E-state index contributed by atoms with van der Waals surface area (Å²) in [4.78, 5) is 16.7. The minimum atomic E-state index is -1.26. The molecule has 30 heavy (non-hydrogen) atoms. The van der Waals surface area contributed by atoms with Crippen LogP contribution in [0.2, 0.25) is 0 Å². The van der Waals surface area contributed by atoms with E-state index in [1.807, 2.05) is 36.4 Å². The fourth-order valence-corrected chi connectivity index (χ4v) is 3.65. The molecule has 3 aromatic carbocycles. The second kappa shape index (κ2) is 8.41. The Bertz CT molecular complexity index is 1230. The molecule has 0 unspecified atom stereocenters. The zero-order valence-electron chi connectivity index (χ0n) is 17.0. The summed E-state index contributed by atoms with van der Waals surface area (Å²) in [5.74, 6) is -0.0793. The molecule has 5 nitrogen and oxygen atoms in total. The number of ether oxygens (including phenoxy) is 2. The van der Waals surface area contributed by atoms with Gasteiger partial charge in [-0.2, -0.15) is 0 Å². The fourth-order valence-electron chi connectivity index (χ4n) is 3.65. The molecule has 0 aliphatic carbocycles. The summed E-state index contributed by atoms with van der Waals surface area (Å²) in [6.07, 6.45) is 1.94. The predicted octanol–water partition coefficient (Wildman–Crippen LogP) is 4.61. The molecule has 0 amide bonds. The van der Waals surface area contributed by atoms with Crippen LogP contribution in [0.3, 0.4) is 0 Å². The molecule has 4 aromatic rings. The van der Waals surface area contributed by atoms with Crippen molar-refractivity contribution in [2.45, 2.75) is 19.8 Å². The van der Waals surface area contributed by atoms with E-state index in [4.69, 9.17) is 14.5 Å². The third-order valence-corrected chi connectivity index (χ3v) is 5.14. The van der Waals surface area contributed by atoms with E-state index in [1.165, 1.54) is 0 Å². The van der Waals surface area contributed by atoms with Gasteiger partial charge in [0.2, 0.25) is 0 Å². The van der Waals surface area contributed by atoms with Gasteiger partial charge < -0.3 is 19.4 Å². The molecule has 0 saturated heterocycles. The Morgan fingerprint density at radius 1 is 1.00 bits per heavy atom. The number of aromatic nitrogens is 1. The third-order valence-electron chi connectivity index (χ3n) is 5.14. The molecule has 0 radical (unpaired) electrons. The molecule has 0 N–H and O–H groups in total. The zero-order valence-corrected chi connectivity index (χ0v) is 17.0. The summed E-state index contributed by atoms with van der Waals surface area (Å²) in [6.45, 7) is 2.68. The average Bonchev–Trinajstić information content (AvgIpc) is 2.77. The number of para-hydroxylation sites is 1. The zero-order chi connectivity index (χ0) is 21.1. The lowest BCUT2D eigenvalue weighted by molar-refractivity contribution is -0.254. The smallest absolute Gasteiger partial charge is 0.145 e. The number of rotatable bonds is 7. The van der Waals surface area contributed by atoms with Gasteiger partial charge in [0, 0.05) is 10.9 Å². The SMILES string of the molecule is CCCCOc1ccc2ccccc2c1-c1cc(C(=O)[O-])c2cccc(OC)c2n1. The summed E-state index contributed by atoms with van der Waals surface area (Å²) in [7, 11) is 1.54. The van der Waals surface area contributed by atoms with Crippen molar-refractivity contribution in [2.24, 2.45) is 0 Å². The standard InChI is InChI=1S/C25H23NO4/c1-3-4-14-30-21-13-12-16-8-5-6-9-17(16)23(21)20-15-19(25(27)28)18-10-7-11-22(29-2)24(18)26-20/h5-13,15H,3-4,14H2,1-2H3,(H,27,28)/p-1. The number of methoxy groups -OCH3 is 1. The van der Waals surface area contributed by atoms with Crippen LogP contribution < -0.4 is 14.6 Å². The highest BCUT2D eigenvalue weighted by molar-refractivity contribution is 6.07. The Labute approximate surface area is 174 Å². The number of unbranched alkanes of at least 4 members (excludes halogenated alkanes) is 1. The first-order valence-electron chi connectivity index (χ1n) is 9.98. The lowest BCUT2D eigenvalue weighted by Crippen LogP contribution is -2.22. The summed E-state index contributed by atoms with van der Waals surface area (Å²) in [6, 6.07) is 18.6. The van der Waals surface area contributed by atoms with Crippen molar-refractivity contribution in [1.82, 2.24) is 4.98 Å². The van der Waals surface area contributed by atoms with Crippen LogP contribution in [-0.2, 0) is 0 Å². The van der Waals surface area contributed by atoms with Crippen LogP contribution in [0.5, 0.6) is 11.5 Å². The number of carboxylic acids is 1. The molecule has 0 saturated carbocycles. The Kier molecular flexibility index (Phi) is 5.53. The second-order valence-corrected chi connectivity index (χ2v) is 7.06. The number of carbonyl (C=O) groups excluding carboxylic acids is 1. The van der Waals surface area contributed by atoms with Gasteiger partial charge >= 0.3 is 0 Å². The maximum atomic E-state index is 11.9. The number of carboxylic acid groups (broad SMARTS) is 1. The van der Waals surface area contributed by atoms with E-state index < -0.39 is 5.97 Å². The predicted molar refractivity (Wildman–Crippen MR) is 116 cm³/mol. The topological polar surface area (TPSA) is 71.5 Å². The summed E-state index contributed by atoms with van der Waals surface area (Å²) >= 11 is 0. The molecule has 4 rings (SSSR count). The van der Waals surface area contributed by atoms with Crippen LogP contribution in [-0.4, -0.2) is 24.7 Å². The molecule has 0 atom stereocenters. The van der Waals surface area contributed by atoms with Crippen LogP contribution in [0, 0.1) is 0 Å². The van der Waals surface area contributed by atoms with Crippen LogP contribution in [0.25, 0.3) is 32.9 Å². The quantitative estimate of drug-likeness (QED) is 0.424. The lowest BCUT2D eigenvalue weighted by Gasteiger charge is -2.17. The third kappa shape index (κ3) is 3.54. The maximum absolute atomic E-state index is 11.9. The van der Waals surface area contributed by atoms with Crippen LogP contribution >= 0.6 is 0 Å². The number of fused-ring (bicyclic) bond motifs is 2. The molecule has 0 spiro atoms. The summed E-state index contributed by atoms with van der Waals surface area (Å²) in [5.41, 5.74) is 1.82. The molecule has 0 aliphatic rings. The molecule has 0 bridgehead atoms. The average molecular weight is 400 g/mol. The van der Waals surface area contributed by atoms with Crippen molar-refractivity contribution >= 4 is 27.6 Å². The molecular formula is C25H22NO4-. The molecule has 1 heterocycles. The van der Waals surface area contributed by atoms with Gasteiger partial charge in [-0.05, 0) is 35.4 Å². The van der Waals surface area contributed by atoms with Gasteiger partial charge in [-0.15, -0.1) is 0 Å². The number of benzene rings is 3. The van der Waals surface area contributed by atoms with Crippen molar-refractivity contribution in [3.8, 4) is 22.8 Å². The number of nitrogens with zero attached hydrogens (tertiary/aromatic N) is 1. The molecule has 5 heteroatoms. The van der Waals surface area contributed by atoms with Gasteiger partial charge in [0.25, 0.3) is 0 Å². The van der Waals surface area contributed by atoms with Crippen LogP contribution in [0.1, 0.15) is 30.1 Å². The van der Waals surface area contributed by atoms with Crippen molar-refractivity contribution in [2.75, 3.05) is 13.7 Å². The largest absolute Gasteiger partial charge is 0.545 e. The van der Waals surface area contributed by atoms with Crippen LogP contribution in [0.15, 0.2) is 60.7 Å². The Morgan fingerprint density at radius 2 is 1.80 bits per heavy atom.